The van der Waals surface area contributed by atoms with Gasteiger partial charge in [-0.05, 0) is 25.1 Å². The molecule has 0 N–H and O–H groups in total. The van der Waals surface area contributed by atoms with Crippen LogP contribution in [0.1, 0.15) is 23.0 Å². The third kappa shape index (κ3) is 2.28. The number of ketones is 1. The Balaban J connectivity index is 2.23. The number of furan rings is 1. The lowest BCUT2D eigenvalue weighted by atomic mass is 10.0. The number of Topliss-reactive ketones (excluding diaryl/α,β-unsaturated/α-hetero) is 1. The Morgan fingerprint density at radius 1 is 1.12 bits per heavy atom. The van der Waals surface area contributed by atoms with Gasteiger partial charge in [-0.1, -0.05) is 30.3 Å². The first kappa shape index (κ1) is 10.4. The summed E-state index contributed by atoms with van der Waals surface area (Å²) in [5.74, 6) is 0.721. The quantitative estimate of drug-likeness (QED) is 0.575. The van der Waals surface area contributed by atoms with Gasteiger partial charge in [-0.25, -0.2) is 0 Å². The largest absolute Gasteiger partial charge is 0.465 e. The summed E-state index contributed by atoms with van der Waals surface area (Å²) < 4.78 is 5.16. The van der Waals surface area contributed by atoms with Gasteiger partial charge in [-0.2, -0.15) is 0 Å². The minimum absolute atomic E-state index is 0.0250. The molecule has 0 aliphatic carbocycles. The van der Waals surface area contributed by atoms with E-state index < -0.39 is 0 Å². The molecule has 0 saturated heterocycles. The molecular formula is C14H12O2. The molecular weight excluding hydrogens is 200 g/mol. The third-order valence-corrected chi connectivity index (χ3v) is 2.30. The monoisotopic (exact) mass is 212 g/mol. The Hall–Kier alpha value is -2.09. The molecule has 80 valence electrons. The highest BCUT2D eigenvalue weighted by Gasteiger charge is 2.07. The molecule has 2 nitrogen and oxygen atoms in total. The van der Waals surface area contributed by atoms with E-state index in [0.717, 1.165) is 0 Å². The zero-order valence-corrected chi connectivity index (χ0v) is 9.01. The SMILES string of the molecule is C/C(=C\c1ccco1)C(=O)c1ccccc1. The van der Waals surface area contributed by atoms with Crippen molar-refractivity contribution >= 4 is 11.9 Å². The first-order chi connectivity index (χ1) is 7.77. The van der Waals surface area contributed by atoms with Crippen molar-refractivity contribution in [2.45, 2.75) is 6.92 Å². The Kier molecular flexibility index (Phi) is 3.01. The van der Waals surface area contributed by atoms with Crippen molar-refractivity contribution in [3.63, 3.8) is 0 Å². The molecule has 0 atom stereocenters. The number of carbonyl (C=O) groups is 1. The van der Waals surface area contributed by atoms with Gasteiger partial charge in [0.05, 0.1) is 6.26 Å². The Bertz CT molecular complexity index is 493. The molecule has 0 aliphatic heterocycles. The Morgan fingerprint density at radius 2 is 1.88 bits per heavy atom. The minimum Gasteiger partial charge on any atom is -0.465 e. The number of allylic oxidation sites excluding steroid dienone is 1. The molecule has 2 heteroatoms. The molecule has 0 amide bonds. The number of hydrogen-bond donors (Lipinski definition) is 0. The van der Waals surface area contributed by atoms with Crippen LogP contribution < -0.4 is 0 Å². The standard InChI is InChI=1S/C14H12O2/c1-11(10-13-8-5-9-16-13)14(15)12-6-3-2-4-7-12/h2-10H,1H3/b11-10+. The summed E-state index contributed by atoms with van der Waals surface area (Å²) >= 11 is 0. The van der Waals surface area contributed by atoms with Crippen molar-refractivity contribution in [3.8, 4) is 0 Å². The van der Waals surface area contributed by atoms with E-state index in [0.29, 0.717) is 16.9 Å². The Morgan fingerprint density at radius 3 is 2.50 bits per heavy atom. The predicted octanol–water partition coefficient (Wildman–Crippen LogP) is 3.57. The van der Waals surface area contributed by atoms with E-state index in [4.69, 9.17) is 4.42 Å². The van der Waals surface area contributed by atoms with Gasteiger partial charge in [-0.3, -0.25) is 4.79 Å². The molecule has 2 aromatic rings. The van der Waals surface area contributed by atoms with Crippen molar-refractivity contribution < 1.29 is 9.21 Å². The van der Waals surface area contributed by atoms with Crippen molar-refractivity contribution in [1.82, 2.24) is 0 Å². The molecule has 16 heavy (non-hydrogen) atoms. The van der Waals surface area contributed by atoms with Gasteiger partial charge in [-0.15, -0.1) is 0 Å². The van der Waals surface area contributed by atoms with Crippen molar-refractivity contribution in [1.29, 1.82) is 0 Å². The fourth-order valence-electron chi connectivity index (χ4n) is 1.47. The topological polar surface area (TPSA) is 30.2 Å². The zero-order valence-electron chi connectivity index (χ0n) is 9.01. The fraction of sp³-hybridized carbons (Fsp3) is 0.0714. The van der Waals surface area contributed by atoms with E-state index in [1.54, 1.807) is 25.3 Å². The third-order valence-electron chi connectivity index (χ3n) is 2.30. The number of carbonyl (C=O) groups excluding carboxylic acids is 1. The van der Waals surface area contributed by atoms with Crippen LogP contribution in [-0.2, 0) is 0 Å². The second kappa shape index (κ2) is 4.62. The lowest BCUT2D eigenvalue weighted by Crippen LogP contribution is -1.99. The average molecular weight is 212 g/mol. The van der Waals surface area contributed by atoms with Crippen LogP contribution in [0.15, 0.2) is 58.7 Å². The number of benzene rings is 1. The molecule has 2 rings (SSSR count). The number of hydrogen-bond acceptors (Lipinski definition) is 2. The molecule has 1 aromatic carbocycles. The average Bonchev–Trinajstić information content (AvgIpc) is 2.82. The van der Waals surface area contributed by atoms with Crippen LogP contribution in [0.25, 0.3) is 6.08 Å². The highest BCUT2D eigenvalue weighted by Crippen LogP contribution is 2.12. The second-order valence-electron chi connectivity index (χ2n) is 3.54. The molecule has 0 unspecified atom stereocenters. The molecule has 1 heterocycles. The van der Waals surface area contributed by atoms with Crippen LogP contribution in [-0.4, -0.2) is 5.78 Å². The van der Waals surface area contributed by atoms with Crippen molar-refractivity contribution in [2.75, 3.05) is 0 Å². The van der Waals surface area contributed by atoms with Crippen LogP contribution >= 0.6 is 0 Å². The van der Waals surface area contributed by atoms with Crippen LogP contribution in [0.3, 0.4) is 0 Å². The Labute approximate surface area is 94.2 Å². The van der Waals surface area contributed by atoms with Gasteiger partial charge in [0.2, 0.25) is 0 Å². The highest BCUT2D eigenvalue weighted by molar-refractivity contribution is 6.10. The predicted molar refractivity (Wildman–Crippen MR) is 63.1 cm³/mol. The van der Waals surface area contributed by atoms with E-state index in [9.17, 15) is 4.79 Å². The molecule has 1 aromatic heterocycles. The molecule has 0 spiro atoms. The maximum atomic E-state index is 12.0. The van der Waals surface area contributed by atoms with E-state index in [2.05, 4.69) is 0 Å². The summed E-state index contributed by atoms with van der Waals surface area (Å²) in [6, 6.07) is 12.8. The van der Waals surface area contributed by atoms with Crippen LogP contribution in [0.2, 0.25) is 0 Å². The van der Waals surface area contributed by atoms with E-state index in [1.165, 1.54) is 0 Å². The highest BCUT2D eigenvalue weighted by atomic mass is 16.3. The molecule has 0 radical (unpaired) electrons. The number of rotatable bonds is 3. The second-order valence-corrected chi connectivity index (χ2v) is 3.54. The molecule has 0 saturated carbocycles. The van der Waals surface area contributed by atoms with Gasteiger partial charge in [0, 0.05) is 11.1 Å². The van der Waals surface area contributed by atoms with E-state index >= 15 is 0 Å². The first-order valence-corrected chi connectivity index (χ1v) is 5.09. The lowest BCUT2D eigenvalue weighted by Gasteiger charge is -1.99. The minimum atomic E-state index is 0.0250. The summed E-state index contributed by atoms with van der Waals surface area (Å²) in [5.41, 5.74) is 1.36. The normalized spacial score (nSPS) is 11.4. The molecule has 0 fully saturated rings. The lowest BCUT2D eigenvalue weighted by molar-refractivity contribution is 0.103. The van der Waals surface area contributed by atoms with Gasteiger partial charge in [0.1, 0.15) is 5.76 Å². The summed E-state index contributed by atoms with van der Waals surface area (Å²) in [6.45, 7) is 1.79. The maximum Gasteiger partial charge on any atom is 0.188 e. The summed E-state index contributed by atoms with van der Waals surface area (Å²) in [4.78, 5) is 12.0. The summed E-state index contributed by atoms with van der Waals surface area (Å²) in [6.07, 6.45) is 3.33. The van der Waals surface area contributed by atoms with Crippen LogP contribution in [0.4, 0.5) is 0 Å². The smallest absolute Gasteiger partial charge is 0.188 e. The zero-order chi connectivity index (χ0) is 11.4. The molecule has 0 aliphatic rings. The summed E-state index contributed by atoms with van der Waals surface area (Å²) in [7, 11) is 0. The van der Waals surface area contributed by atoms with E-state index in [-0.39, 0.29) is 5.78 Å². The van der Waals surface area contributed by atoms with Gasteiger partial charge in [0.15, 0.2) is 5.78 Å². The molecule has 0 bridgehead atoms. The fourth-order valence-corrected chi connectivity index (χ4v) is 1.47. The first-order valence-electron chi connectivity index (χ1n) is 5.09. The summed E-state index contributed by atoms with van der Waals surface area (Å²) in [5, 5.41) is 0. The van der Waals surface area contributed by atoms with Crippen LogP contribution in [0, 0.1) is 0 Å². The van der Waals surface area contributed by atoms with Crippen LogP contribution in [0.5, 0.6) is 0 Å². The van der Waals surface area contributed by atoms with Gasteiger partial charge < -0.3 is 4.42 Å². The van der Waals surface area contributed by atoms with Gasteiger partial charge in [0.25, 0.3) is 0 Å². The van der Waals surface area contributed by atoms with E-state index in [1.807, 2.05) is 36.4 Å². The van der Waals surface area contributed by atoms with Crippen molar-refractivity contribution in [3.05, 3.63) is 65.6 Å². The maximum absolute atomic E-state index is 12.0. The van der Waals surface area contributed by atoms with Crippen molar-refractivity contribution in [2.24, 2.45) is 0 Å². The van der Waals surface area contributed by atoms with Gasteiger partial charge >= 0.3 is 0 Å².